The summed E-state index contributed by atoms with van der Waals surface area (Å²) >= 11 is 0. The highest BCUT2D eigenvalue weighted by Crippen LogP contribution is 2.15. The number of hydrogen-bond donors (Lipinski definition) is 2. The lowest BCUT2D eigenvalue weighted by atomic mass is 9.95. The maximum Gasteiger partial charge on any atom is 0.231 e. The quantitative estimate of drug-likeness (QED) is 0.612. The molecule has 3 nitrogen and oxygen atoms in total. The van der Waals surface area contributed by atoms with Gasteiger partial charge in [0.25, 0.3) is 0 Å². The highest BCUT2D eigenvalue weighted by Gasteiger charge is 2.12. The van der Waals surface area contributed by atoms with Gasteiger partial charge < -0.3 is 11.1 Å². The number of amides is 1. The normalized spacial score (nSPS) is 20.0. The highest BCUT2D eigenvalue weighted by atomic mass is 16.1. The van der Waals surface area contributed by atoms with Crippen LogP contribution in [0.25, 0.3) is 0 Å². The lowest BCUT2D eigenvalue weighted by molar-refractivity contribution is -0.117. The highest BCUT2D eigenvalue weighted by molar-refractivity contribution is 5.75. The number of nitrogens with one attached hydrogen (secondary N) is 1. The number of nitrogens with two attached hydrogens (primary N) is 1. The molecular formula is C8H15N2O. The van der Waals surface area contributed by atoms with Crippen LogP contribution < -0.4 is 11.1 Å². The second-order valence-corrected chi connectivity index (χ2v) is 2.99. The Bertz CT molecular complexity index is 130. The van der Waals surface area contributed by atoms with Crippen molar-refractivity contribution in [3.63, 3.8) is 0 Å². The Balaban J connectivity index is 2.09. The van der Waals surface area contributed by atoms with Gasteiger partial charge in [0.05, 0.1) is 6.54 Å². The van der Waals surface area contributed by atoms with Crippen molar-refractivity contribution >= 4 is 5.91 Å². The van der Waals surface area contributed by atoms with Gasteiger partial charge in [-0.25, -0.2) is 0 Å². The lowest BCUT2D eigenvalue weighted by Crippen LogP contribution is -2.37. The molecule has 3 heteroatoms. The van der Waals surface area contributed by atoms with Crippen molar-refractivity contribution in [3.8, 4) is 0 Å². The van der Waals surface area contributed by atoms with Crippen LogP contribution in [0.2, 0.25) is 0 Å². The maximum absolute atomic E-state index is 10.4. The molecule has 3 N–H and O–H groups in total. The molecule has 1 fully saturated rings. The third-order valence-electron chi connectivity index (χ3n) is 2.00. The van der Waals surface area contributed by atoms with Gasteiger partial charge in [-0.1, -0.05) is 0 Å². The molecule has 63 valence electrons. The zero-order valence-electron chi connectivity index (χ0n) is 6.68. The van der Waals surface area contributed by atoms with Crippen molar-refractivity contribution in [2.45, 2.75) is 31.7 Å². The average molecular weight is 155 g/mol. The van der Waals surface area contributed by atoms with Crippen LogP contribution in [-0.4, -0.2) is 18.5 Å². The Morgan fingerprint density at radius 3 is 2.73 bits per heavy atom. The predicted octanol–water partition coefficient (Wildman–Crippen LogP) is 0.208. The maximum atomic E-state index is 10.4. The van der Waals surface area contributed by atoms with E-state index >= 15 is 0 Å². The molecule has 1 rings (SSSR count). The largest absolute Gasteiger partial charge is 0.369 e. The third kappa shape index (κ3) is 3.37. The molecule has 1 aliphatic carbocycles. The van der Waals surface area contributed by atoms with Crippen molar-refractivity contribution in [2.24, 2.45) is 5.73 Å². The van der Waals surface area contributed by atoms with Gasteiger partial charge in [0.2, 0.25) is 5.91 Å². The monoisotopic (exact) mass is 155 g/mol. The Hall–Kier alpha value is -0.570. The smallest absolute Gasteiger partial charge is 0.231 e. The molecule has 1 radical (unpaired) electrons. The van der Waals surface area contributed by atoms with Crippen LogP contribution in [0, 0.1) is 6.42 Å². The van der Waals surface area contributed by atoms with E-state index in [1.54, 1.807) is 0 Å². The third-order valence-corrected chi connectivity index (χ3v) is 2.00. The number of primary amides is 1. The van der Waals surface area contributed by atoms with E-state index in [9.17, 15) is 4.79 Å². The minimum atomic E-state index is -0.264. The minimum Gasteiger partial charge on any atom is -0.369 e. The van der Waals surface area contributed by atoms with Crippen molar-refractivity contribution in [3.05, 3.63) is 6.42 Å². The Kier molecular flexibility index (Phi) is 3.36. The van der Waals surface area contributed by atoms with E-state index in [4.69, 9.17) is 5.73 Å². The van der Waals surface area contributed by atoms with Gasteiger partial charge in [-0.2, -0.15) is 0 Å². The van der Waals surface area contributed by atoms with E-state index in [1.165, 1.54) is 0 Å². The molecule has 0 aromatic carbocycles. The van der Waals surface area contributed by atoms with Crippen LogP contribution in [0.15, 0.2) is 0 Å². The van der Waals surface area contributed by atoms with Gasteiger partial charge in [-0.15, -0.1) is 0 Å². The van der Waals surface area contributed by atoms with Gasteiger partial charge in [-0.3, -0.25) is 4.79 Å². The van der Waals surface area contributed by atoms with Crippen LogP contribution in [0.5, 0.6) is 0 Å². The molecule has 0 heterocycles. The predicted molar refractivity (Wildman–Crippen MR) is 43.8 cm³/mol. The zero-order chi connectivity index (χ0) is 8.10. The lowest BCUT2D eigenvalue weighted by Gasteiger charge is -2.21. The van der Waals surface area contributed by atoms with Crippen LogP contribution in [0.1, 0.15) is 25.7 Å². The summed E-state index contributed by atoms with van der Waals surface area (Å²) in [5, 5.41) is 3.13. The zero-order valence-corrected chi connectivity index (χ0v) is 6.68. The van der Waals surface area contributed by atoms with Crippen LogP contribution in [0.3, 0.4) is 0 Å². The summed E-state index contributed by atoms with van der Waals surface area (Å²) in [6.45, 7) is 0.324. The number of carbonyl (C=O) groups excluding carboxylic acids is 1. The Morgan fingerprint density at radius 2 is 2.18 bits per heavy atom. The number of carbonyl (C=O) groups is 1. The minimum absolute atomic E-state index is 0.264. The van der Waals surface area contributed by atoms with Crippen LogP contribution in [-0.2, 0) is 4.79 Å². The molecule has 1 amide bonds. The molecule has 1 aliphatic rings. The Morgan fingerprint density at radius 1 is 1.55 bits per heavy atom. The fraction of sp³-hybridized carbons (Fsp3) is 0.750. The molecule has 0 unspecified atom stereocenters. The summed E-state index contributed by atoms with van der Waals surface area (Å²) in [4.78, 5) is 10.4. The molecule has 0 aromatic rings. The van der Waals surface area contributed by atoms with E-state index in [-0.39, 0.29) is 5.91 Å². The van der Waals surface area contributed by atoms with Crippen molar-refractivity contribution in [1.82, 2.24) is 5.32 Å². The summed E-state index contributed by atoms with van der Waals surface area (Å²) in [5.74, 6) is -0.264. The molecule has 0 aliphatic heterocycles. The van der Waals surface area contributed by atoms with E-state index < -0.39 is 0 Å². The fourth-order valence-corrected chi connectivity index (χ4v) is 1.38. The molecule has 0 spiro atoms. The van der Waals surface area contributed by atoms with Crippen molar-refractivity contribution < 1.29 is 4.79 Å². The molecule has 0 saturated heterocycles. The Labute approximate surface area is 67.3 Å². The number of hydrogen-bond acceptors (Lipinski definition) is 2. The molecule has 0 atom stereocenters. The standard InChI is InChI=1S/C8H15N2O/c9-8(11)6-10-7-4-2-1-3-5-7/h1,7,10H,2-6H2,(H2,9,11). The first-order valence-corrected chi connectivity index (χ1v) is 4.12. The van der Waals surface area contributed by atoms with Crippen molar-refractivity contribution in [2.75, 3.05) is 6.54 Å². The first kappa shape index (κ1) is 8.53. The van der Waals surface area contributed by atoms with E-state index in [1.807, 2.05) is 0 Å². The first-order chi connectivity index (χ1) is 5.29. The molecular weight excluding hydrogens is 140 g/mol. The second kappa shape index (κ2) is 4.34. The summed E-state index contributed by atoms with van der Waals surface area (Å²) < 4.78 is 0. The summed E-state index contributed by atoms with van der Waals surface area (Å²) in [6.07, 6.45) is 6.91. The number of rotatable bonds is 3. The van der Waals surface area contributed by atoms with Gasteiger partial charge in [0, 0.05) is 6.04 Å². The van der Waals surface area contributed by atoms with Gasteiger partial charge in [0.1, 0.15) is 0 Å². The average Bonchev–Trinajstić information content (AvgIpc) is 2.03. The van der Waals surface area contributed by atoms with E-state index in [0.717, 1.165) is 25.7 Å². The molecule has 11 heavy (non-hydrogen) atoms. The molecule has 0 bridgehead atoms. The van der Waals surface area contributed by atoms with Crippen molar-refractivity contribution in [1.29, 1.82) is 0 Å². The molecule has 1 saturated carbocycles. The SMILES string of the molecule is NC(=O)CNC1CC[CH]CC1. The van der Waals surface area contributed by atoms with Gasteiger partial charge in [0.15, 0.2) is 0 Å². The fourth-order valence-electron chi connectivity index (χ4n) is 1.38. The van der Waals surface area contributed by atoms with E-state index in [0.29, 0.717) is 12.6 Å². The summed E-state index contributed by atoms with van der Waals surface area (Å²) in [5.41, 5.74) is 5.00. The first-order valence-electron chi connectivity index (χ1n) is 4.12. The van der Waals surface area contributed by atoms with Crippen LogP contribution >= 0.6 is 0 Å². The van der Waals surface area contributed by atoms with Gasteiger partial charge >= 0.3 is 0 Å². The molecule has 0 aromatic heterocycles. The van der Waals surface area contributed by atoms with E-state index in [2.05, 4.69) is 11.7 Å². The summed E-state index contributed by atoms with van der Waals surface area (Å²) in [6, 6.07) is 0.507. The topological polar surface area (TPSA) is 55.1 Å². The van der Waals surface area contributed by atoms with Gasteiger partial charge in [-0.05, 0) is 32.1 Å². The second-order valence-electron chi connectivity index (χ2n) is 2.99. The van der Waals surface area contributed by atoms with Crippen LogP contribution in [0.4, 0.5) is 0 Å². The summed E-state index contributed by atoms with van der Waals surface area (Å²) in [7, 11) is 0.